The van der Waals surface area contributed by atoms with Gasteiger partial charge in [-0.3, -0.25) is 0 Å². The molecule has 0 radical (unpaired) electrons. The van der Waals surface area contributed by atoms with Crippen LogP contribution in [0, 0.1) is 5.92 Å². The van der Waals surface area contributed by atoms with Crippen molar-refractivity contribution in [1.82, 2.24) is 0 Å². The summed E-state index contributed by atoms with van der Waals surface area (Å²) in [6.07, 6.45) is 7.23. The predicted octanol–water partition coefficient (Wildman–Crippen LogP) is 4.40. The molecule has 0 aliphatic carbocycles. The molecule has 0 unspecified atom stereocenters. The molecule has 0 rings (SSSR count). The maximum atomic E-state index is 8.17. The first kappa shape index (κ1) is 33.5. The maximum absolute atomic E-state index is 8.17. The van der Waals surface area contributed by atoms with Crippen LogP contribution in [-0.2, 0) is 51.6 Å². The molecule has 0 aromatic heterocycles. The van der Waals surface area contributed by atoms with E-state index in [0.29, 0.717) is 26.4 Å². The van der Waals surface area contributed by atoms with Crippen LogP contribution in [0.2, 0.25) is 0 Å². The Kier molecular flexibility index (Phi) is 28.7. The first-order valence-electron chi connectivity index (χ1n) is 11.5. The number of hydrogen-bond acceptors (Lipinski definition) is 10. The van der Waals surface area contributed by atoms with Crippen LogP contribution >= 0.6 is 0 Å². The molecule has 0 aromatic rings. The Balaban J connectivity index is 0. The minimum atomic E-state index is -4.48. The molecule has 0 saturated heterocycles. The Morgan fingerprint density at radius 3 is 0.968 bits per heavy atom. The van der Waals surface area contributed by atoms with Crippen molar-refractivity contribution in [2.24, 2.45) is 5.92 Å². The standard InChI is InChI=1S/5C4H10O2.Ti/c1-4(2-5)3-6;4*1-2-3-4-6-5;/h4-6H,2-3H2,1H3;4*5H,2-4H2,1H3;/q;;;;;+4/p-4. The minimum absolute atomic E-state index is 0.0463. The van der Waals surface area contributed by atoms with Gasteiger partial charge in [-0.2, -0.15) is 0 Å². The zero-order valence-corrected chi connectivity index (χ0v) is 21.7. The molecule has 0 bridgehead atoms. The van der Waals surface area contributed by atoms with Gasteiger partial charge in [0.1, 0.15) is 0 Å². The van der Waals surface area contributed by atoms with E-state index in [9.17, 15) is 0 Å². The Bertz CT molecular complexity index is 282. The zero-order chi connectivity index (χ0) is 23.6. The van der Waals surface area contributed by atoms with Crippen LogP contribution in [0.25, 0.3) is 0 Å². The van der Waals surface area contributed by atoms with E-state index in [2.05, 4.69) is 27.7 Å². The van der Waals surface area contributed by atoms with Crippen molar-refractivity contribution in [3.63, 3.8) is 0 Å². The molecule has 0 spiro atoms. The van der Waals surface area contributed by atoms with Crippen molar-refractivity contribution in [3.8, 4) is 0 Å². The van der Waals surface area contributed by atoms with Crippen molar-refractivity contribution in [3.05, 3.63) is 0 Å². The molecule has 0 aliphatic heterocycles. The molecule has 0 aromatic carbocycles. The number of hydrogen-bond donors (Lipinski definition) is 2. The quantitative estimate of drug-likeness (QED) is 0.0971. The van der Waals surface area contributed by atoms with Gasteiger partial charge in [-0.1, -0.05) is 6.92 Å². The van der Waals surface area contributed by atoms with Gasteiger partial charge < -0.3 is 10.2 Å². The van der Waals surface area contributed by atoms with Crippen LogP contribution in [0.3, 0.4) is 0 Å². The predicted molar refractivity (Wildman–Crippen MR) is 111 cm³/mol. The third kappa shape index (κ3) is 23.3. The summed E-state index contributed by atoms with van der Waals surface area (Å²) < 4.78 is 21.3. The normalized spacial score (nSPS) is 11.6. The second-order valence-electron chi connectivity index (χ2n) is 7.01. The number of unbranched alkanes of at least 4 members (excludes halogenated alkanes) is 4. The van der Waals surface area contributed by atoms with Gasteiger partial charge in [-0.25, -0.2) is 0 Å². The van der Waals surface area contributed by atoms with Gasteiger partial charge in [0.25, 0.3) is 0 Å². The van der Waals surface area contributed by atoms with E-state index in [1.165, 1.54) is 0 Å². The first-order chi connectivity index (χ1) is 15.1. The van der Waals surface area contributed by atoms with E-state index < -0.39 is 18.1 Å². The third-order valence-corrected chi connectivity index (χ3v) is 5.60. The summed E-state index contributed by atoms with van der Waals surface area (Å²) >= 11 is -4.48. The van der Waals surface area contributed by atoms with E-state index in [1.807, 2.05) is 0 Å². The molecule has 0 saturated carbocycles. The van der Waals surface area contributed by atoms with Gasteiger partial charge in [0, 0.05) is 19.1 Å². The molecule has 2 N–H and O–H groups in total. The first-order valence-corrected chi connectivity index (χ1v) is 14.0. The molecule has 190 valence electrons. The van der Waals surface area contributed by atoms with E-state index >= 15 is 0 Å². The van der Waals surface area contributed by atoms with Crippen molar-refractivity contribution in [1.29, 1.82) is 0 Å². The average molecular weight is 494 g/mol. The second-order valence-corrected chi connectivity index (χ2v) is 9.61. The molecular weight excluding hydrogens is 448 g/mol. The zero-order valence-electron chi connectivity index (χ0n) is 20.1. The van der Waals surface area contributed by atoms with Crippen LogP contribution < -0.4 is 0 Å². The Morgan fingerprint density at radius 2 is 0.806 bits per heavy atom. The van der Waals surface area contributed by atoms with Crippen molar-refractivity contribution >= 4 is 0 Å². The van der Waals surface area contributed by atoms with Crippen LogP contribution in [0.1, 0.15) is 86.0 Å². The molecule has 0 atom stereocenters. The van der Waals surface area contributed by atoms with Gasteiger partial charge in [0.15, 0.2) is 0 Å². The van der Waals surface area contributed by atoms with E-state index in [-0.39, 0.29) is 19.1 Å². The van der Waals surface area contributed by atoms with E-state index in [0.717, 1.165) is 51.4 Å². The van der Waals surface area contributed by atoms with E-state index in [1.54, 1.807) is 6.92 Å². The SMILES string of the molecule is CC(CO)CO.CCCCO[O][Ti]([O]OCCCC)([O]OCCCC)[O]OCCCC. The van der Waals surface area contributed by atoms with Crippen molar-refractivity contribution < 1.29 is 61.8 Å². The third-order valence-electron chi connectivity index (χ3n) is 3.59. The van der Waals surface area contributed by atoms with E-state index in [4.69, 9.17) is 43.6 Å². The molecule has 11 heteroatoms. The summed E-state index contributed by atoms with van der Waals surface area (Å²) in [5.41, 5.74) is 0. The Morgan fingerprint density at radius 1 is 0.548 bits per heavy atom. The summed E-state index contributed by atoms with van der Waals surface area (Å²) in [4.78, 5) is 20.7. The summed E-state index contributed by atoms with van der Waals surface area (Å²) in [5.74, 6) is 0.0463. The fourth-order valence-electron chi connectivity index (χ4n) is 1.41. The van der Waals surface area contributed by atoms with Crippen LogP contribution in [0.4, 0.5) is 0 Å². The van der Waals surface area contributed by atoms with Crippen LogP contribution in [0.15, 0.2) is 0 Å². The molecule has 31 heavy (non-hydrogen) atoms. The molecule has 0 amide bonds. The van der Waals surface area contributed by atoms with Crippen molar-refractivity contribution in [2.45, 2.75) is 86.0 Å². The van der Waals surface area contributed by atoms with Gasteiger partial charge in [-0.15, -0.1) is 0 Å². The monoisotopic (exact) mass is 494 g/mol. The fourth-order valence-corrected chi connectivity index (χ4v) is 3.09. The van der Waals surface area contributed by atoms with Gasteiger partial charge >= 0.3 is 157 Å². The summed E-state index contributed by atoms with van der Waals surface area (Å²) in [7, 11) is 0. The average Bonchev–Trinajstić information content (AvgIpc) is 2.80. The number of aliphatic hydroxyl groups is 2. The van der Waals surface area contributed by atoms with Crippen LogP contribution in [-0.4, -0.2) is 49.9 Å². The fraction of sp³-hybridized carbons (Fsp3) is 1.00. The summed E-state index contributed by atoms with van der Waals surface area (Å²) in [5, 5.41) is 16.3. The Hall–Kier alpha value is 0.314. The second kappa shape index (κ2) is 26.6. The molecule has 0 heterocycles. The van der Waals surface area contributed by atoms with Gasteiger partial charge in [0.2, 0.25) is 0 Å². The van der Waals surface area contributed by atoms with Crippen LogP contribution in [0.5, 0.6) is 0 Å². The van der Waals surface area contributed by atoms with Gasteiger partial charge in [-0.05, 0) is 0 Å². The summed E-state index contributed by atoms with van der Waals surface area (Å²) in [6.45, 7) is 11.7. The molecular formula is C20H46O10Ti. The molecule has 0 fully saturated rings. The molecule has 10 nitrogen and oxygen atoms in total. The van der Waals surface area contributed by atoms with Gasteiger partial charge in [0.05, 0.1) is 0 Å². The Labute approximate surface area is 193 Å². The summed E-state index contributed by atoms with van der Waals surface area (Å²) in [6, 6.07) is 0. The number of aliphatic hydroxyl groups excluding tert-OH is 2. The van der Waals surface area contributed by atoms with Crippen molar-refractivity contribution in [2.75, 3.05) is 39.6 Å². The molecule has 0 aliphatic rings. The topological polar surface area (TPSA) is 114 Å². The number of rotatable bonds is 22.